The average molecular weight is 437 g/mol. The van der Waals surface area contributed by atoms with Gasteiger partial charge in [-0.3, -0.25) is 9.59 Å². The number of likely N-dealkylation sites (tertiary alicyclic amines) is 1. The number of aryl methyl sites for hydroxylation is 2. The molecule has 0 radical (unpaired) electrons. The lowest BCUT2D eigenvalue weighted by Gasteiger charge is -2.34. The SMILES string of the molecule is C/C=C/C(=O)N1CC[C@@](Nc2ccc3ncn(C)c(=O)c3c2)(c2c(C)cccc2Cl)C1. The van der Waals surface area contributed by atoms with Crippen molar-refractivity contribution in [3.05, 3.63) is 81.4 Å². The van der Waals surface area contributed by atoms with Crippen LogP contribution in [0.25, 0.3) is 10.9 Å². The summed E-state index contributed by atoms with van der Waals surface area (Å²) in [6, 6.07) is 11.4. The van der Waals surface area contributed by atoms with Crippen LogP contribution >= 0.6 is 11.6 Å². The number of nitrogens with zero attached hydrogens (tertiary/aromatic N) is 3. The highest BCUT2D eigenvalue weighted by Crippen LogP contribution is 2.41. The monoisotopic (exact) mass is 436 g/mol. The van der Waals surface area contributed by atoms with Gasteiger partial charge in [0.25, 0.3) is 5.56 Å². The first kappa shape index (κ1) is 21.1. The molecule has 160 valence electrons. The molecule has 4 rings (SSSR count). The van der Waals surface area contributed by atoms with Crippen molar-refractivity contribution in [1.29, 1.82) is 0 Å². The zero-order chi connectivity index (χ0) is 22.2. The summed E-state index contributed by atoms with van der Waals surface area (Å²) in [6.45, 7) is 4.95. The number of amides is 1. The Bertz CT molecular complexity index is 1230. The molecule has 1 fully saturated rings. The maximum absolute atomic E-state index is 12.6. The molecular formula is C24H25ClN4O2. The Labute approximate surface area is 186 Å². The van der Waals surface area contributed by atoms with E-state index in [1.807, 2.05) is 55.1 Å². The van der Waals surface area contributed by atoms with Crippen molar-refractivity contribution in [2.24, 2.45) is 7.05 Å². The minimum absolute atomic E-state index is 0.0209. The summed E-state index contributed by atoms with van der Waals surface area (Å²) < 4.78 is 1.47. The summed E-state index contributed by atoms with van der Waals surface area (Å²) in [7, 11) is 1.69. The molecule has 0 unspecified atom stereocenters. The highest BCUT2D eigenvalue weighted by Gasteiger charge is 2.43. The number of nitrogens with one attached hydrogen (secondary N) is 1. The molecule has 0 bridgehead atoms. The minimum Gasteiger partial charge on any atom is -0.374 e. The number of benzene rings is 2. The molecule has 1 aliphatic rings. The predicted octanol–water partition coefficient (Wildman–Crippen LogP) is 4.01. The van der Waals surface area contributed by atoms with E-state index in [9.17, 15) is 9.59 Å². The Hall–Kier alpha value is -3.12. The zero-order valence-corrected chi connectivity index (χ0v) is 18.6. The third-order valence-electron chi connectivity index (χ3n) is 5.89. The van der Waals surface area contributed by atoms with E-state index in [1.165, 1.54) is 10.9 Å². The number of hydrogen-bond donors (Lipinski definition) is 1. The van der Waals surface area contributed by atoms with Gasteiger partial charge in [0, 0.05) is 36.4 Å². The molecule has 1 amide bonds. The quantitative estimate of drug-likeness (QED) is 0.627. The van der Waals surface area contributed by atoms with Crippen LogP contribution in [0.3, 0.4) is 0 Å². The van der Waals surface area contributed by atoms with Gasteiger partial charge in [0.1, 0.15) is 0 Å². The average Bonchev–Trinajstić information content (AvgIpc) is 3.16. The Morgan fingerprint density at radius 3 is 2.84 bits per heavy atom. The van der Waals surface area contributed by atoms with Crippen molar-refractivity contribution < 1.29 is 4.79 Å². The Morgan fingerprint density at radius 2 is 2.10 bits per heavy atom. The molecule has 6 nitrogen and oxygen atoms in total. The first-order valence-electron chi connectivity index (χ1n) is 10.3. The van der Waals surface area contributed by atoms with Gasteiger partial charge in [-0.05, 0) is 56.2 Å². The van der Waals surface area contributed by atoms with Crippen LogP contribution < -0.4 is 10.9 Å². The fraction of sp³-hybridized carbons (Fsp3) is 0.292. The lowest BCUT2D eigenvalue weighted by atomic mass is 9.85. The van der Waals surface area contributed by atoms with E-state index in [-0.39, 0.29) is 11.5 Å². The summed E-state index contributed by atoms with van der Waals surface area (Å²) in [5.74, 6) is -0.0209. The van der Waals surface area contributed by atoms with Crippen molar-refractivity contribution in [2.75, 3.05) is 18.4 Å². The maximum Gasteiger partial charge on any atom is 0.260 e. The summed E-state index contributed by atoms with van der Waals surface area (Å²) in [6.07, 6.45) is 5.56. The molecule has 7 heteroatoms. The molecule has 2 aromatic carbocycles. The van der Waals surface area contributed by atoms with Crippen LogP contribution in [0.5, 0.6) is 0 Å². The van der Waals surface area contributed by atoms with Gasteiger partial charge in [0.2, 0.25) is 5.91 Å². The molecular weight excluding hydrogens is 412 g/mol. The fourth-order valence-electron chi connectivity index (χ4n) is 4.42. The van der Waals surface area contributed by atoms with Crippen LogP contribution in [0.2, 0.25) is 5.02 Å². The van der Waals surface area contributed by atoms with Gasteiger partial charge in [-0.15, -0.1) is 0 Å². The largest absolute Gasteiger partial charge is 0.374 e. The third kappa shape index (κ3) is 3.83. The molecule has 1 saturated heterocycles. The van der Waals surface area contributed by atoms with E-state index in [0.717, 1.165) is 16.8 Å². The van der Waals surface area contributed by atoms with Gasteiger partial charge >= 0.3 is 0 Å². The fourth-order valence-corrected chi connectivity index (χ4v) is 4.82. The normalized spacial score (nSPS) is 18.8. The smallest absolute Gasteiger partial charge is 0.260 e. The maximum atomic E-state index is 12.6. The van der Waals surface area contributed by atoms with E-state index in [1.54, 1.807) is 19.2 Å². The van der Waals surface area contributed by atoms with Gasteiger partial charge in [0.05, 0.1) is 22.8 Å². The molecule has 1 aliphatic heterocycles. The third-order valence-corrected chi connectivity index (χ3v) is 6.21. The summed E-state index contributed by atoms with van der Waals surface area (Å²) in [5, 5.41) is 4.84. The molecule has 3 aromatic rings. The number of hydrogen-bond acceptors (Lipinski definition) is 4. The minimum atomic E-state index is -0.569. The van der Waals surface area contributed by atoms with E-state index in [4.69, 9.17) is 11.6 Å². The molecule has 1 atom stereocenters. The summed E-state index contributed by atoms with van der Waals surface area (Å²) in [4.78, 5) is 31.3. The van der Waals surface area contributed by atoms with Gasteiger partial charge in [-0.2, -0.15) is 0 Å². The molecule has 1 aromatic heterocycles. The number of carbonyl (C=O) groups excluding carboxylic acids is 1. The van der Waals surface area contributed by atoms with Crippen LogP contribution in [-0.2, 0) is 17.4 Å². The molecule has 1 N–H and O–H groups in total. The first-order valence-corrected chi connectivity index (χ1v) is 10.6. The van der Waals surface area contributed by atoms with Crippen LogP contribution in [0.15, 0.2) is 59.7 Å². The van der Waals surface area contributed by atoms with Crippen molar-refractivity contribution in [1.82, 2.24) is 14.5 Å². The Kier molecular flexibility index (Phi) is 5.58. The molecule has 0 saturated carbocycles. The Balaban J connectivity index is 1.81. The number of rotatable bonds is 4. The number of halogens is 1. The number of fused-ring (bicyclic) bond motifs is 1. The predicted molar refractivity (Wildman–Crippen MR) is 124 cm³/mol. The number of aromatic nitrogens is 2. The van der Waals surface area contributed by atoms with Crippen molar-refractivity contribution >= 4 is 34.1 Å². The Morgan fingerprint density at radius 1 is 1.29 bits per heavy atom. The van der Waals surface area contributed by atoms with Crippen LogP contribution in [0, 0.1) is 6.92 Å². The van der Waals surface area contributed by atoms with E-state index >= 15 is 0 Å². The van der Waals surface area contributed by atoms with E-state index in [0.29, 0.717) is 35.4 Å². The molecule has 0 spiro atoms. The van der Waals surface area contributed by atoms with Gasteiger partial charge < -0.3 is 14.8 Å². The van der Waals surface area contributed by atoms with E-state index in [2.05, 4.69) is 10.3 Å². The summed E-state index contributed by atoms with van der Waals surface area (Å²) in [5.41, 5.74) is 2.80. The summed E-state index contributed by atoms with van der Waals surface area (Å²) >= 11 is 6.67. The van der Waals surface area contributed by atoms with Gasteiger partial charge in [-0.1, -0.05) is 29.8 Å². The van der Waals surface area contributed by atoms with Crippen LogP contribution in [0.4, 0.5) is 5.69 Å². The lowest BCUT2D eigenvalue weighted by Crippen LogP contribution is -2.40. The van der Waals surface area contributed by atoms with Crippen LogP contribution in [-0.4, -0.2) is 33.4 Å². The second-order valence-corrected chi connectivity index (χ2v) is 8.45. The lowest BCUT2D eigenvalue weighted by molar-refractivity contribution is -0.125. The molecule has 31 heavy (non-hydrogen) atoms. The molecule has 0 aliphatic carbocycles. The second kappa shape index (κ2) is 8.19. The van der Waals surface area contributed by atoms with E-state index < -0.39 is 5.54 Å². The highest BCUT2D eigenvalue weighted by atomic mass is 35.5. The zero-order valence-electron chi connectivity index (χ0n) is 17.9. The van der Waals surface area contributed by atoms with Crippen molar-refractivity contribution in [3.63, 3.8) is 0 Å². The number of allylic oxidation sites excluding steroid dienone is 1. The second-order valence-electron chi connectivity index (χ2n) is 8.04. The van der Waals surface area contributed by atoms with Crippen molar-refractivity contribution in [3.8, 4) is 0 Å². The highest BCUT2D eigenvalue weighted by molar-refractivity contribution is 6.31. The molecule has 2 heterocycles. The van der Waals surface area contributed by atoms with Crippen molar-refractivity contribution in [2.45, 2.75) is 25.8 Å². The standard InChI is InChI=1S/C24H25ClN4O2/c1-4-6-21(30)29-12-11-24(14-29,22-16(2)7-5-8-19(22)25)27-17-9-10-20-18(13-17)23(31)28(3)15-26-20/h4-10,13,15,27H,11-12,14H2,1-3H3/b6-4+/t24-/m0/s1. The number of anilines is 1. The first-order chi connectivity index (χ1) is 14.8. The van der Waals surface area contributed by atoms with Crippen LogP contribution in [0.1, 0.15) is 24.5 Å². The topological polar surface area (TPSA) is 67.2 Å². The van der Waals surface area contributed by atoms with Gasteiger partial charge in [0.15, 0.2) is 0 Å². The van der Waals surface area contributed by atoms with Gasteiger partial charge in [-0.25, -0.2) is 4.98 Å². The number of carbonyl (C=O) groups is 1.